The highest BCUT2D eigenvalue weighted by molar-refractivity contribution is 5.73. The topological polar surface area (TPSA) is 70.0 Å². The fraction of sp³-hybridized carbons (Fsp3) is 0.889. The number of carboxylic acid groups (broad SMARTS) is 1. The molecule has 2 N–H and O–H groups in total. The van der Waals surface area contributed by atoms with Crippen LogP contribution in [0, 0.1) is 0 Å². The third kappa shape index (κ3) is 4.04. The molecular formula is C9H19NO4. The van der Waals surface area contributed by atoms with Gasteiger partial charge in [0.05, 0.1) is 13.2 Å². The molecule has 0 spiro atoms. The average Bonchev–Trinajstić information content (AvgIpc) is 2.10. The van der Waals surface area contributed by atoms with E-state index in [1.54, 1.807) is 4.90 Å². The fourth-order valence-electron chi connectivity index (χ4n) is 1.36. The van der Waals surface area contributed by atoms with E-state index in [1.807, 2.05) is 13.8 Å². The largest absolute Gasteiger partial charge is 0.480 e. The second-order valence-electron chi connectivity index (χ2n) is 3.36. The van der Waals surface area contributed by atoms with E-state index in [0.29, 0.717) is 6.54 Å². The van der Waals surface area contributed by atoms with Gasteiger partial charge in [0.1, 0.15) is 6.04 Å². The van der Waals surface area contributed by atoms with Crippen LogP contribution < -0.4 is 0 Å². The Morgan fingerprint density at radius 1 is 1.50 bits per heavy atom. The number of aliphatic hydroxyl groups is 1. The summed E-state index contributed by atoms with van der Waals surface area (Å²) in [6.45, 7) is 4.21. The van der Waals surface area contributed by atoms with Gasteiger partial charge in [-0.2, -0.15) is 0 Å². The van der Waals surface area contributed by atoms with Crippen LogP contribution >= 0.6 is 0 Å². The van der Waals surface area contributed by atoms with Gasteiger partial charge in [-0.05, 0) is 13.8 Å². The first-order chi connectivity index (χ1) is 6.54. The molecule has 0 aromatic heterocycles. The van der Waals surface area contributed by atoms with Crippen molar-refractivity contribution < 1.29 is 19.7 Å². The van der Waals surface area contributed by atoms with Crippen LogP contribution in [-0.2, 0) is 9.53 Å². The predicted octanol–water partition coefficient (Wildman–Crippen LogP) is -0.211. The van der Waals surface area contributed by atoms with Gasteiger partial charge < -0.3 is 14.9 Å². The molecule has 14 heavy (non-hydrogen) atoms. The van der Waals surface area contributed by atoms with Gasteiger partial charge in [0.15, 0.2) is 0 Å². The molecule has 0 heterocycles. The SMILES string of the molecule is COCC(C(=O)O)N(CCO)C(C)C. The Morgan fingerprint density at radius 3 is 2.36 bits per heavy atom. The van der Waals surface area contributed by atoms with E-state index in [1.165, 1.54) is 7.11 Å². The molecule has 5 heteroatoms. The molecular weight excluding hydrogens is 186 g/mol. The maximum atomic E-state index is 10.9. The molecule has 0 saturated carbocycles. The summed E-state index contributed by atoms with van der Waals surface area (Å²) >= 11 is 0. The number of ether oxygens (including phenoxy) is 1. The smallest absolute Gasteiger partial charge is 0.323 e. The summed E-state index contributed by atoms with van der Waals surface area (Å²) in [6, 6.07) is -0.620. The summed E-state index contributed by atoms with van der Waals surface area (Å²) in [7, 11) is 1.47. The summed E-state index contributed by atoms with van der Waals surface area (Å²) in [5.74, 6) is -0.922. The molecule has 0 aliphatic rings. The zero-order valence-corrected chi connectivity index (χ0v) is 8.93. The van der Waals surface area contributed by atoms with Crippen LogP contribution in [0.2, 0.25) is 0 Å². The summed E-state index contributed by atoms with van der Waals surface area (Å²) in [6.07, 6.45) is 0. The van der Waals surface area contributed by atoms with Crippen LogP contribution in [0.1, 0.15) is 13.8 Å². The summed E-state index contributed by atoms with van der Waals surface area (Å²) < 4.78 is 4.84. The lowest BCUT2D eigenvalue weighted by atomic mass is 10.2. The Labute approximate surface area is 84.3 Å². The van der Waals surface area contributed by atoms with E-state index in [4.69, 9.17) is 14.9 Å². The molecule has 0 bridgehead atoms. The standard InChI is InChI=1S/C9H19NO4/c1-7(2)10(4-5-11)8(6-14-3)9(12)13/h7-8,11H,4-6H2,1-3H3,(H,12,13). The molecule has 0 amide bonds. The lowest BCUT2D eigenvalue weighted by Crippen LogP contribution is -2.49. The van der Waals surface area contributed by atoms with Gasteiger partial charge in [0.25, 0.3) is 0 Å². The Morgan fingerprint density at radius 2 is 2.07 bits per heavy atom. The van der Waals surface area contributed by atoms with Crippen LogP contribution in [0.3, 0.4) is 0 Å². The number of carbonyl (C=O) groups is 1. The third-order valence-corrected chi connectivity index (χ3v) is 2.03. The van der Waals surface area contributed by atoms with Crippen molar-refractivity contribution >= 4 is 5.97 Å². The fourth-order valence-corrected chi connectivity index (χ4v) is 1.36. The molecule has 1 unspecified atom stereocenters. The molecule has 84 valence electrons. The average molecular weight is 205 g/mol. The zero-order chi connectivity index (χ0) is 11.1. The lowest BCUT2D eigenvalue weighted by Gasteiger charge is -2.31. The third-order valence-electron chi connectivity index (χ3n) is 2.03. The van der Waals surface area contributed by atoms with Gasteiger partial charge in [-0.1, -0.05) is 0 Å². The van der Waals surface area contributed by atoms with Crippen LogP contribution in [0.15, 0.2) is 0 Å². The zero-order valence-electron chi connectivity index (χ0n) is 8.93. The van der Waals surface area contributed by atoms with Crippen molar-refractivity contribution in [1.82, 2.24) is 4.90 Å². The molecule has 0 aliphatic carbocycles. The van der Waals surface area contributed by atoms with Gasteiger partial charge in [0, 0.05) is 19.7 Å². The highest BCUT2D eigenvalue weighted by Crippen LogP contribution is 2.06. The molecule has 0 saturated heterocycles. The van der Waals surface area contributed by atoms with E-state index in [-0.39, 0.29) is 19.3 Å². The predicted molar refractivity (Wildman–Crippen MR) is 52.2 cm³/mol. The molecule has 0 fully saturated rings. The van der Waals surface area contributed by atoms with Crippen molar-refractivity contribution in [3.05, 3.63) is 0 Å². The van der Waals surface area contributed by atoms with Crippen LogP contribution in [0.5, 0.6) is 0 Å². The summed E-state index contributed by atoms with van der Waals surface area (Å²) in [5.41, 5.74) is 0. The highest BCUT2D eigenvalue weighted by atomic mass is 16.5. The second-order valence-corrected chi connectivity index (χ2v) is 3.36. The molecule has 0 radical (unpaired) electrons. The van der Waals surface area contributed by atoms with Gasteiger partial charge in [-0.25, -0.2) is 0 Å². The summed E-state index contributed by atoms with van der Waals surface area (Å²) in [4.78, 5) is 12.6. The van der Waals surface area contributed by atoms with E-state index in [2.05, 4.69) is 0 Å². The molecule has 0 rings (SSSR count). The van der Waals surface area contributed by atoms with Gasteiger partial charge in [0.2, 0.25) is 0 Å². The van der Waals surface area contributed by atoms with Crippen molar-refractivity contribution in [2.45, 2.75) is 25.9 Å². The minimum absolute atomic E-state index is 0.0499. The summed E-state index contributed by atoms with van der Waals surface area (Å²) in [5, 5.41) is 17.8. The normalized spacial score (nSPS) is 13.6. The van der Waals surface area contributed by atoms with Crippen molar-refractivity contribution in [2.75, 3.05) is 26.9 Å². The number of hydrogen-bond acceptors (Lipinski definition) is 4. The Balaban J connectivity index is 4.46. The Bertz CT molecular complexity index is 172. The monoisotopic (exact) mass is 205 g/mol. The van der Waals surface area contributed by atoms with Gasteiger partial charge in [-0.3, -0.25) is 9.69 Å². The van der Waals surface area contributed by atoms with E-state index >= 15 is 0 Å². The number of aliphatic carboxylic acids is 1. The first kappa shape index (κ1) is 13.4. The first-order valence-corrected chi connectivity index (χ1v) is 4.63. The van der Waals surface area contributed by atoms with Crippen molar-refractivity contribution in [1.29, 1.82) is 0 Å². The van der Waals surface area contributed by atoms with E-state index in [0.717, 1.165) is 0 Å². The van der Waals surface area contributed by atoms with Crippen LogP contribution in [0.25, 0.3) is 0 Å². The number of rotatable bonds is 7. The number of aliphatic hydroxyl groups excluding tert-OH is 1. The number of nitrogens with zero attached hydrogens (tertiary/aromatic N) is 1. The highest BCUT2D eigenvalue weighted by Gasteiger charge is 2.26. The van der Waals surface area contributed by atoms with E-state index < -0.39 is 12.0 Å². The number of methoxy groups -OCH3 is 1. The minimum atomic E-state index is -0.922. The number of carboxylic acids is 1. The van der Waals surface area contributed by atoms with E-state index in [9.17, 15) is 4.79 Å². The molecule has 0 aromatic carbocycles. The maximum absolute atomic E-state index is 10.9. The van der Waals surface area contributed by atoms with Crippen molar-refractivity contribution in [2.24, 2.45) is 0 Å². The first-order valence-electron chi connectivity index (χ1n) is 4.63. The van der Waals surface area contributed by atoms with Gasteiger partial charge >= 0.3 is 5.97 Å². The molecule has 5 nitrogen and oxygen atoms in total. The number of hydrogen-bond donors (Lipinski definition) is 2. The molecule has 0 aliphatic heterocycles. The van der Waals surface area contributed by atoms with Crippen LogP contribution in [-0.4, -0.2) is 60.0 Å². The second kappa shape index (κ2) is 6.75. The molecule has 1 atom stereocenters. The maximum Gasteiger partial charge on any atom is 0.323 e. The van der Waals surface area contributed by atoms with Crippen molar-refractivity contribution in [3.63, 3.8) is 0 Å². The quantitative estimate of drug-likeness (QED) is 0.601. The Hall–Kier alpha value is -0.650. The lowest BCUT2D eigenvalue weighted by molar-refractivity contribution is -0.146. The Kier molecular flexibility index (Phi) is 6.44. The minimum Gasteiger partial charge on any atom is -0.480 e. The van der Waals surface area contributed by atoms with Gasteiger partial charge in [-0.15, -0.1) is 0 Å². The van der Waals surface area contributed by atoms with Crippen LogP contribution in [0.4, 0.5) is 0 Å². The molecule has 0 aromatic rings. The van der Waals surface area contributed by atoms with Crippen molar-refractivity contribution in [3.8, 4) is 0 Å².